The molecule has 1 N–H and O–H groups in total. The standard InChI is InChI=1S/C27H13ClN4O/c1-15(33)5-6-16-7-9-20-22(11-16)23-12-19(28)8-10-21(23)26-25(20)31-27(32-26)24-17(13-29)3-2-4-18(24)14-30/h2-4,7-12H,1H3,(H,31,32). The maximum absolute atomic E-state index is 11.3. The monoisotopic (exact) mass is 444 g/mol. The van der Waals surface area contributed by atoms with Gasteiger partial charge in [-0.15, -0.1) is 0 Å². The van der Waals surface area contributed by atoms with E-state index in [2.05, 4.69) is 29.0 Å². The van der Waals surface area contributed by atoms with E-state index in [1.165, 1.54) is 6.92 Å². The van der Waals surface area contributed by atoms with Gasteiger partial charge in [0.2, 0.25) is 5.78 Å². The minimum Gasteiger partial charge on any atom is -0.337 e. The number of carbonyl (C=O) groups excluding carboxylic acids is 1. The van der Waals surface area contributed by atoms with Crippen LogP contribution < -0.4 is 0 Å². The molecule has 0 radical (unpaired) electrons. The number of ketones is 1. The normalized spacial score (nSPS) is 10.5. The highest BCUT2D eigenvalue weighted by atomic mass is 35.5. The van der Waals surface area contributed by atoms with Crippen molar-refractivity contribution in [3.05, 3.63) is 76.3 Å². The van der Waals surface area contributed by atoms with E-state index in [0.717, 1.165) is 27.1 Å². The molecule has 154 valence electrons. The Morgan fingerprint density at radius 1 is 0.939 bits per heavy atom. The zero-order valence-corrected chi connectivity index (χ0v) is 18.1. The molecule has 5 rings (SSSR count). The van der Waals surface area contributed by atoms with Crippen LogP contribution in [0, 0.1) is 34.5 Å². The molecule has 33 heavy (non-hydrogen) atoms. The fourth-order valence-electron chi connectivity index (χ4n) is 4.04. The predicted molar refractivity (Wildman–Crippen MR) is 129 cm³/mol. The van der Waals surface area contributed by atoms with E-state index < -0.39 is 0 Å². The van der Waals surface area contributed by atoms with Gasteiger partial charge >= 0.3 is 0 Å². The molecular formula is C27H13ClN4O. The molecule has 0 bridgehead atoms. The third-order valence-electron chi connectivity index (χ3n) is 5.44. The summed E-state index contributed by atoms with van der Waals surface area (Å²) in [7, 11) is 0. The number of aromatic nitrogens is 2. The molecule has 0 fully saturated rings. The van der Waals surface area contributed by atoms with Gasteiger partial charge in [0, 0.05) is 28.3 Å². The van der Waals surface area contributed by atoms with Gasteiger partial charge in [-0.3, -0.25) is 4.79 Å². The Balaban J connectivity index is 1.91. The summed E-state index contributed by atoms with van der Waals surface area (Å²) in [4.78, 5) is 19.5. The van der Waals surface area contributed by atoms with E-state index in [-0.39, 0.29) is 5.78 Å². The molecule has 0 saturated carbocycles. The van der Waals surface area contributed by atoms with Crippen molar-refractivity contribution in [3.63, 3.8) is 0 Å². The number of H-pyrrole nitrogens is 1. The maximum atomic E-state index is 11.3. The van der Waals surface area contributed by atoms with Gasteiger partial charge in [-0.25, -0.2) is 4.98 Å². The number of Topliss-reactive ketones (excluding diaryl/α,β-unsaturated/α-hetero) is 1. The second-order valence-electron chi connectivity index (χ2n) is 7.52. The lowest BCUT2D eigenvalue weighted by Gasteiger charge is -2.07. The first-order valence-electron chi connectivity index (χ1n) is 10.0. The second-order valence-corrected chi connectivity index (χ2v) is 7.95. The number of carbonyl (C=O) groups is 1. The SMILES string of the molecule is CC(=O)C#Cc1ccc2c(c1)c1cc(Cl)ccc1c1nc(-c3c(C#N)cccc3C#N)[nH]c21. The molecular weight excluding hydrogens is 432 g/mol. The van der Waals surface area contributed by atoms with E-state index in [1.807, 2.05) is 30.3 Å². The van der Waals surface area contributed by atoms with Gasteiger partial charge in [-0.05, 0) is 53.1 Å². The molecule has 0 aliphatic heterocycles. The minimum absolute atomic E-state index is 0.207. The molecule has 5 aromatic rings. The van der Waals surface area contributed by atoms with Crippen molar-refractivity contribution >= 4 is 50.0 Å². The molecule has 0 unspecified atom stereocenters. The van der Waals surface area contributed by atoms with Gasteiger partial charge < -0.3 is 4.98 Å². The molecule has 0 aliphatic carbocycles. The third kappa shape index (κ3) is 3.36. The highest BCUT2D eigenvalue weighted by Crippen LogP contribution is 2.37. The molecule has 0 amide bonds. The van der Waals surface area contributed by atoms with Crippen LogP contribution in [0.25, 0.3) is 44.0 Å². The van der Waals surface area contributed by atoms with Crippen LogP contribution >= 0.6 is 11.6 Å². The van der Waals surface area contributed by atoms with E-state index in [4.69, 9.17) is 16.6 Å². The van der Waals surface area contributed by atoms with Crippen molar-refractivity contribution < 1.29 is 4.79 Å². The lowest BCUT2D eigenvalue weighted by Crippen LogP contribution is -1.91. The molecule has 0 atom stereocenters. The Bertz CT molecular complexity index is 1760. The van der Waals surface area contributed by atoms with Crippen LogP contribution in [-0.4, -0.2) is 15.8 Å². The van der Waals surface area contributed by atoms with E-state index in [9.17, 15) is 15.3 Å². The summed E-state index contributed by atoms with van der Waals surface area (Å²) in [6.45, 7) is 1.42. The van der Waals surface area contributed by atoms with Gasteiger partial charge in [-0.2, -0.15) is 10.5 Å². The molecule has 1 heterocycles. The fourth-order valence-corrected chi connectivity index (χ4v) is 4.22. The molecule has 4 aromatic carbocycles. The fraction of sp³-hybridized carbons (Fsp3) is 0.0370. The van der Waals surface area contributed by atoms with Crippen molar-refractivity contribution in [1.29, 1.82) is 10.5 Å². The maximum Gasteiger partial charge on any atom is 0.202 e. The first kappa shape index (κ1) is 20.3. The van der Waals surface area contributed by atoms with Crippen LogP contribution in [-0.2, 0) is 4.79 Å². The van der Waals surface area contributed by atoms with Crippen LogP contribution in [0.2, 0.25) is 5.02 Å². The smallest absolute Gasteiger partial charge is 0.202 e. The average Bonchev–Trinajstić information content (AvgIpc) is 3.27. The largest absolute Gasteiger partial charge is 0.337 e. The van der Waals surface area contributed by atoms with E-state index >= 15 is 0 Å². The van der Waals surface area contributed by atoms with Crippen LogP contribution in [0.1, 0.15) is 23.6 Å². The van der Waals surface area contributed by atoms with Crippen molar-refractivity contribution in [2.45, 2.75) is 6.92 Å². The Kier molecular flexibility index (Phi) is 4.80. The second kappa shape index (κ2) is 7.81. The van der Waals surface area contributed by atoms with Crippen molar-refractivity contribution in [3.8, 4) is 35.4 Å². The summed E-state index contributed by atoms with van der Waals surface area (Å²) < 4.78 is 0. The number of benzene rings is 4. The van der Waals surface area contributed by atoms with Crippen molar-refractivity contribution in [1.82, 2.24) is 9.97 Å². The Labute approximate surface area is 193 Å². The number of nitrogens with one attached hydrogen (secondary N) is 1. The summed E-state index contributed by atoms with van der Waals surface area (Å²) >= 11 is 6.32. The number of aromatic amines is 1. The number of hydrogen-bond donors (Lipinski definition) is 1. The van der Waals surface area contributed by atoms with Crippen LogP contribution in [0.15, 0.2) is 54.6 Å². The molecule has 0 aliphatic rings. The van der Waals surface area contributed by atoms with Gasteiger partial charge in [0.15, 0.2) is 0 Å². The quantitative estimate of drug-likeness (QED) is 0.258. The molecule has 0 spiro atoms. The Hall–Kier alpha value is -4.63. The molecule has 0 saturated heterocycles. The van der Waals surface area contributed by atoms with Gasteiger partial charge in [0.1, 0.15) is 5.82 Å². The third-order valence-corrected chi connectivity index (χ3v) is 5.68. The summed E-state index contributed by atoms with van der Waals surface area (Å²) in [5.41, 5.74) is 3.40. The first-order chi connectivity index (χ1) is 16.0. The van der Waals surface area contributed by atoms with Gasteiger partial charge in [-0.1, -0.05) is 35.7 Å². The van der Waals surface area contributed by atoms with Crippen LogP contribution in [0.4, 0.5) is 0 Å². The number of hydrogen-bond acceptors (Lipinski definition) is 4. The van der Waals surface area contributed by atoms with Crippen molar-refractivity contribution in [2.24, 2.45) is 0 Å². The molecule has 1 aromatic heterocycles. The zero-order valence-electron chi connectivity index (χ0n) is 17.3. The molecule has 6 heteroatoms. The summed E-state index contributed by atoms with van der Waals surface area (Å²) in [5.74, 6) is 5.71. The number of halogens is 1. The Morgan fingerprint density at radius 2 is 1.64 bits per heavy atom. The zero-order chi connectivity index (χ0) is 23.1. The number of imidazole rings is 1. The summed E-state index contributed by atoms with van der Waals surface area (Å²) in [6, 6.07) is 20.6. The average molecular weight is 445 g/mol. The predicted octanol–water partition coefficient (Wildman–Crippen LogP) is 5.87. The number of nitriles is 2. The number of fused-ring (bicyclic) bond motifs is 6. The summed E-state index contributed by atoms with van der Waals surface area (Å²) in [6.07, 6.45) is 0. The number of rotatable bonds is 1. The highest BCUT2D eigenvalue weighted by Gasteiger charge is 2.18. The van der Waals surface area contributed by atoms with Crippen LogP contribution in [0.3, 0.4) is 0 Å². The van der Waals surface area contributed by atoms with E-state index in [1.54, 1.807) is 24.3 Å². The lowest BCUT2D eigenvalue weighted by molar-refractivity contribution is -0.111. The highest BCUT2D eigenvalue weighted by molar-refractivity contribution is 6.33. The topological polar surface area (TPSA) is 93.3 Å². The first-order valence-corrected chi connectivity index (χ1v) is 10.4. The Morgan fingerprint density at radius 3 is 2.33 bits per heavy atom. The number of nitrogens with zero attached hydrogens (tertiary/aromatic N) is 3. The minimum atomic E-state index is -0.207. The van der Waals surface area contributed by atoms with Gasteiger partial charge in [0.25, 0.3) is 0 Å². The van der Waals surface area contributed by atoms with Crippen LogP contribution in [0.5, 0.6) is 0 Å². The lowest BCUT2D eigenvalue weighted by atomic mass is 9.98. The molecule has 5 nitrogen and oxygen atoms in total. The van der Waals surface area contributed by atoms with Crippen molar-refractivity contribution in [2.75, 3.05) is 0 Å². The van der Waals surface area contributed by atoms with E-state index in [0.29, 0.717) is 38.6 Å². The van der Waals surface area contributed by atoms with Gasteiger partial charge in [0.05, 0.1) is 39.9 Å². The summed E-state index contributed by atoms with van der Waals surface area (Å²) in [5, 5.41) is 23.4.